The van der Waals surface area contributed by atoms with Crippen molar-refractivity contribution in [3.63, 3.8) is 0 Å². The van der Waals surface area contributed by atoms with Crippen LogP contribution in [0, 0.1) is 0 Å². The molecule has 0 spiro atoms. The van der Waals surface area contributed by atoms with Gasteiger partial charge in [-0.1, -0.05) is 84.9 Å². The van der Waals surface area contributed by atoms with E-state index in [9.17, 15) is 14.4 Å². The smallest absolute Gasteiger partial charge is 0.312 e. The van der Waals surface area contributed by atoms with Crippen molar-refractivity contribution >= 4 is 23.8 Å². The number of carbonyl (C=O) groups excluding carboxylic acids is 3. The van der Waals surface area contributed by atoms with Crippen LogP contribution in [0.2, 0.25) is 0 Å². The highest BCUT2D eigenvalue weighted by Gasteiger charge is 2.27. The lowest BCUT2D eigenvalue weighted by Gasteiger charge is -2.23. The molecule has 1 heterocycles. The number of aromatic nitrogens is 2. The summed E-state index contributed by atoms with van der Waals surface area (Å²) in [5.41, 5.74) is 8.60. The van der Waals surface area contributed by atoms with Crippen LogP contribution in [0.4, 0.5) is 10.7 Å². The second-order valence-corrected chi connectivity index (χ2v) is 9.57. The fourth-order valence-corrected chi connectivity index (χ4v) is 4.46. The summed E-state index contributed by atoms with van der Waals surface area (Å²) in [6.45, 7) is 1.20. The fourth-order valence-electron chi connectivity index (χ4n) is 4.46. The van der Waals surface area contributed by atoms with Gasteiger partial charge in [0.25, 0.3) is 0 Å². The third-order valence-electron chi connectivity index (χ3n) is 6.58. The first-order valence-electron chi connectivity index (χ1n) is 13.5. The number of benzene rings is 3. The van der Waals surface area contributed by atoms with Gasteiger partial charge in [-0.15, -0.1) is 0 Å². The molecule has 0 saturated heterocycles. The van der Waals surface area contributed by atoms with Crippen LogP contribution in [-0.4, -0.2) is 40.4 Å². The summed E-state index contributed by atoms with van der Waals surface area (Å²) in [5.74, 6) is -0.420. The molecule has 0 aliphatic rings. The monoisotopic (exact) mass is 553 g/mol. The number of nitrogens with zero attached hydrogens (tertiary/aromatic N) is 1. The van der Waals surface area contributed by atoms with E-state index in [-0.39, 0.29) is 11.8 Å². The number of primary amides is 1. The van der Waals surface area contributed by atoms with Gasteiger partial charge in [-0.25, -0.2) is 9.78 Å². The first kappa shape index (κ1) is 28.9. The van der Waals surface area contributed by atoms with Crippen molar-refractivity contribution in [3.8, 4) is 0 Å². The molecule has 4 amide bonds. The number of nitrogens with one attached hydrogen (secondary N) is 5. The van der Waals surface area contributed by atoms with E-state index in [0.717, 1.165) is 22.3 Å². The predicted octanol–water partition coefficient (Wildman–Crippen LogP) is 3.40. The first-order valence-corrected chi connectivity index (χ1v) is 13.5. The standard InChI is InChI=1S/C31H35N7O3/c32-30(41)37-21-23-15-13-22(14-16-23)20-36-28(39)26(12-7-17-33-31-34-18-19-35-31)38-29(40)27(24-8-3-1-4-9-24)25-10-5-2-6-11-25/h1-6,8-11,13-16,18-19,26-27H,7,12,17,20-21H2,(H,36,39)(H,38,40)(H3,32,37,41)(H2,33,34,35)/t26-/m1/s1. The molecule has 1 atom stereocenters. The van der Waals surface area contributed by atoms with Gasteiger partial charge >= 0.3 is 6.03 Å². The number of rotatable bonds is 14. The molecule has 1 aromatic heterocycles. The van der Waals surface area contributed by atoms with Crippen LogP contribution in [0.5, 0.6) is 0 Å². The maximum absolute atomic E-state index is 13.7. The Balaban J connectivity index is 1.43. The fraction of sp³-hybridized carbons (Fsp3) is 0.226. The van der Waals surface area contributed by atoms with E-state index in [1.165, 1.54) is 0 Å². The SMILES string of the molecule is NC(=O)NCc1ccc(CNC(=O)[C@@H](CCCNc2ncc[nH]2)NC(=O)C(c2ccccc2)c2ccccc2)cc1. The molecule has 41 heavy (non-hydrogen) atoms. The number of hydrogen-bond acceptors (Lipinski definition) is 5. The summed E-state index contributed by atoms with van der Waals surface area (Å²) in [5, 5.41) is 11.7. The molecule has 0 bridgehead atoms. The largest absolute Gasteiger partial charge is 0.356 e. The van der Waals surface area contributed by atoms with Crippen molar-refractivity contribution in [2.45, 2.75) is 37.9 Å². The van der Waals surface area contributed by atoms with Gasteiger partial charge in [-0.3, -0.25) is 9.59 Å². The molecule has 0 aliphatic heterocycles. The average Bonchev–Trinajstić information content (AvgIpc) is 3.52. The van der Waals surface area contributed by atoms with Crippen molar-refractivity contribution in [2.75, 3.05) is 11.9 Å². The maximum Gasteiger partial charge on any atom is 0.312 e. The van der Waals surface area contributed by atoms with Crippen molar-refractivity contribution < 1.29 is 14.4 Å². The van der Waals surface area contributed by atoms with Crippen molar-refractivity contribution in [1.29, 1.82) is 0 Å². The summed E-state index contributed by atoms with van der Waals surface area (Å²) < 4.78 is 0. The minimum Gasteiger partial charge on any atom is -0.356 e. The second kappa shape index (κ2) is 14.9. The Bertz CT molecular complexity index is 1340. The van der Waals surface area contributed by atoms with E-state index in [2.05, 4.69) is 31.2 Å². The lowest BCUT2D eigenvalue weighted by molar-refractivity contribution is -0.129. The number of nitrogens with two attached hydrogens (primary N) is 1. The quantitative estimate of drug-likeness (QED) is 0.132. The Morgan fingerprint density at radius 2 is 1.37 bits per heavy atom. The summed E-state index contributed by atoms with van der Waals surface area (Å²) in [4.78, 5) is 45.2. The Morgan fingerprint density at radius 1 is 0.780 bits per heavy atom. The minimum atomic E-state index is -0.741. The molecule has 0 fully saturated rings. The molecule has 0 saturated carbocycles. The van der Waals surface area contributed by atoms with E-state index >= 15 is 0 Å². The van der Waals surface area contributed by atoms with Gasteiger partial charge in [0.2, 0.25) is 11.8 Å². The van der Waals surface area contributed by atoms with Gasteiger partial charge in [-0.05, 0) is 35.1 Å². The van der Waals surface area contributed by atoms with Gasteiger partial charge < -0.3 is 32.0 Å². The summed E-state index contributed by atoms with van der Waals surface area (Å²) in [6.07, 6.45) is 4.45. The van der Waals surface area contributed by atoms with Crippen molar-refractivity contribution in [1.82, 2.24) is 25.9 Å². The molecule has 4 rings (SSSR count). The molecule has 0 aliphatic carbocycles. The van der Waals surface area contributed by atoms with E-state index in [0.29, 0.717) is 38.4 Å². The number of urea groups is 1. The highest BCUT2D eigenvalue weighted by Crippen LogP contribution is 2.25. The highest BCUT2D eigenvalue weighted by molar-refractivity contribution is 5.92. The zero-order valence-corrected chi connectivity index (χ0v) is 22.7. The number of amides is 4. The molecular weight excluding hydrogens is 518 g/mol. The van der Waals surface area contributed by atoms with Crippen LogP contribution in [0.25, 0.3) is 0 Å². The molecule has 0 unspecified atom stereocenters. The Hall–Kier alpha value is -5.12. The zero-order chi connectivity index (χ0) is 28.9. The molecule has 0 radical (unpaired) electrons. The molecule has 4 aromatic rings. The van der Waals surface area contributed by atoms with E-state index in [1.54, 1.807) is 12.4 Å². The average molecular weight is 554 g/mol. The molecular formula is C31H35N7O3. The number of aromatic amines is 1. The minimum absolute atomic E-state index is 0.243. The summed E-state index contributed by atoms with van der Waals surface area (Å²) >= 11 is 0. The number of H-pyrrole nitrogens is 1. The van der Waals surface area contributed by atoms with Crippen LogP contribution < -0.4 is 27.0 Å². The molecule has 10 heteroatoms. The Labute approximate surface area is 239 Å². The molecule has 3 aromatic carbocycles. The molecule has 10 nitrogen and oxygen atoms in total. The van der Waals surface area contributed by atoms with Gasteiger partial charge in [0, 0.05) is 32.0 Å². The third kappa shape index (κ3) is 8.96. The van der Waals surface area contributed by atoms with Gasteiger partial charge in [0.05, 0.1) is 5.92 Å². The lowest BCUT2D eigenvalue weighted by atomic mass is 9.90. The number of carbonyl (C=O) groups is 3. The summed E-state index contributed by atoms with van der Waals surface area (Å²) in [6, 6.07) is 25.2. The number of hydrogen-bond donors (Lipinski definition) is 6. The van der Waals surface area contributed by atoms with Crippen LogP contribution in [0.1, 0.15) is 41.0 Å². The Kier molecular flexibility index (Phi) is 10.5. The summed E-state index contributed by atoms with van der Waals surface area (Å²) in [7, 11) is 0. The predicted molar refractivity (Wildman–Crippen MR) is 158 cm³/mol. The molecule has 7 N–H and O–H groups in total. The van der Waals surface area contributed by atoms with Crippen molar-refractivity contribution in [2.24, 2.45) is 5.73 Å². The van der Waals surface area contributed by atoms with E-state index in [4.69, 9.17) is 5.73 Å². The van der Waals surface area contributed by atoms with Crippen molar-refractivity contribution in [3.05, 3.63) is 120 Å². The van der Waals surface area contributed by atoms with E-state index < -0.39 is 18.0 Å². The topological polar surface area (TPSA) is 154 Å². The second-order valence-electron chi connectivity index (χ2n) is 9.57. The van der Waals surface area contributed by atoms with Gasteiger partial charge in [-0.2, -0.15) is 0 Å². The van der Waals surface area contributed by atoms with E-state index in [1.807, 2.05) is 84.9 Å². The molecule has 212 valence electrons. The van der Waals surface area contributed by atoms with Crippen LogP contribution >= 0.6 is 0 Å². The third-order valence-corrected chi connectivity index (χ3v) is 6.58. The Morgan fingerprint density at radius 3 is 1.90 bits per heavy atom. The van der Waals surface area contributed by atoms with Gasteiger partial charge in [0.15, 0.2) is 5.95 Å². The maximum atomic E-state index is 13.7. The van der Waals surface area contributed by atoms with Gasteiger partial charge in [0.1, 0.15) is 6.04 Å². The van der Waals surface area contributed by atoms with Crippen LogP contribution in [0.15, 0.2) is 97.3 Å². The highest BCUT2D eigenvalue weighted by atomic mass is 16.2. The normalized spacial score (nSPS) is 11.4. The lowest BCUT2D eigenvalue weighted by Crippen LogP contribution is -2.48. The zero-order valence-electron chi connectivity index (χ0n) is 22.7. The number of anilines is 1. The van der Waals surface area contributed by atoms with Crippen LogP contribution in [-0.2, 0) is 22.7 Å². The first-order chi connectivity index (χ1) is 20.0. The van der Waals surface area contributed by atoms with Crippen LogP contribution in [0.3, 0.4) is 0 Å². The number of imidazole rings is 1.